The molecule has 0 saturated heterocycles. The van der Waals surface area contributed by atoms with E-state index in [9.17, 15) is 4.79 Å². The van der Waals surface area contributed by atoms with Crippen molar-refractivity contribution in [1.82, 2.24) is 4.98 Å². The van der Waals surface area contributed by atoms with Crippen LogP contribution in [0.4, 0.5) is 5.13 Å². The summed E-state index contributed by atoms with van der Waals surface area (Å²) in [5, 5.41) is 3.51. The number of ether oxygens (including phenoxy) is 2. The maximum Gasteiger partial charge on any atom is 0.257 e. The van der Waals surface area contributed by atoms with Gasteiger partial charge in [0.05, 0.1) is 12.8 Å². The molecule has 0 unspecified atom stereocenters. The highest BCUT2D eigenvalue weighted by Crippen LogP contribution is 2.32. The van der Waals surface area contributed by atoms with Crippen LogP contribution in [0.3, 0.4) is 0 Å². The zero-order valence-corrected chi connectivity index (χ0v) is 21.8. The lowest BCUT2D eigenvalue weighted by molar-refractivity contribution is 0.102. The molecule has 0 bridgehead atoms. The summed E-state index contributed by atoms with van der Waals surface area (Å²) in [7, 11) is 1.60. The third kappa shape index (κ3) is 5.48. The van der Waals surface area contributed by atoms with Crippen molar-refractivity contribution in [2.75, 3.05) is 12.4 Å². The Morgan fingerprint density at radius 2 is 1.76 bits per heavy atom. The van der Waals surface area contributed by atoms with Crippen LogP contribution in [0.15, 0.2) is 65.1 Å². The summed E-state index contributed by atoms with van der Waals surface area (Å²) in [6.07, 6.45) is 0. The lowest BCUT2D eigenvalue weighted by atomic mass is 10.0. The van der Waals surface area contributed by atoms with Crippen LogP contribution < -0.4 is 14.8 Å². The van der Waals surface area contributed by atoms with Gasteiger partial charge in [0.1, 0.15) is 18.1 Å². The monoisotopic (exact) mass is 536 g/mol. The van der Waals surface area contributed by atoms with Crippen molar-refractivity contribution in [3.63, 3.8) is 0 Å². The molecule has 0 aliphatic carbocycles. The summed E-state index contributed by atoms with van der Waals surface area (Å²) in [5.41, 5.74) is 5.69. The number of amides is 1. The Kier molecular flexibility index (Phi) is 7.34. The number of aryl methyl sites for hydroxylation is 3. The Hall–Kier alpha value is -3.16. The number of hydrogen-bond acceptors (Lipinski definition) is 5. The molecule has 0 atom stereocenters. The first-order valence-corrected chi connectivity index (χ1v) is 12.4. The third-order valence-electron chi connectivity index (χ3n) is 5.55. The largest absolute Gasteiger partial charge is 0.496 e. The molecule has 1 N–H and O–H groups in total. The van der Waals surface area contributed by atoms with Crippen molar-refractivity contribution in [3.8, 4) is 22.8 Å². The van der Waals surface area contributed by atoms with Crippen LogP contribution in [0, 0.1) is 20.8 Å². The molecule has 0 spiro atoms. The lowest BCUT2D eigenvalue weighted by Crippen LogP contribution is -2.12. The Labute approximate surface area is 211 Å². The number of nitrogens with one attached hydrogen (secondary N) is 1. The zero-order valence-electron chi connectivity index (χ0n) is 19.4. The number of rotatable bonds is 7. The van der Waals surface area contributed by atoms with Crippen LogP contribution in [0.5, 0.6) is 11.5 Å². The third-order valence-corrected chi connectivity index (χ3v) is 6.96. The molecular formula is C27H25BrN2O3S. The number of halogens is 1. The van der Waals surface area contributed by atoms with E-state index in [2.05, 4.69) is 58.3 Å². The van der Waals surface area contributed by atoms with Crippen LogP contribution in [-0.2, 0) is 6.61 Å². The zero-order chi connectivity index (χ0) is 24.2. The van der Waals surface area contributed by atoms with E-state index in [0.29, 0.717) is 16.4 Å². The number of anilines is 1. The normalized spacial score (nSPS) is 10.7. The smallest absolute Gasteiger partial charge is 0.257 e. The van der Waals surface area contributed by atoms with Gasteiger partial charge in [-0.15, -0.1) is 11.3 Å². The van der Waals surface area contributed by atoms with Crippen molar-refractivity contribution in [1.29, 1.82) is 0 Å². The second kappa shape index (κ2) is 10.4. The molecular weight excluding hydrogens is 512 g/mol. The molecule has 0 aliphatic heterocycles. The van der Waals surface area contributed by atoms with Crippen LogP contribution in [0.25, 0.3) is 11.3 Å². The molecule has 0 fully saturated rings. The highest BCUT2D eigenvalue weighted by atomic mass is 79.9. The first-order chi connectivity index (χ1) is 16.3. The van der Waals surface area contributed by atoms with Gasteiger partial charge in [-0.1, -0.05) is 28.1 Å². The molecule has 3 aromatic carbocycles. The minimum atomic E-state index is -0.229. The second-order valence-electron chi connectivity index (χ2n) is 7.95. The molecule has 1 amide bonds. The number of thiazole rings is 1. The Morgan fingerprint density at radius 1 is 1.00 bits per heavy atom. The minimum Gasteiger partial charge on any atom is -0.496 e. The van der Waals surface area contributed by atoms with Gasteiger partial charge in [0.25, 0.3) is 5.91 Å². The Morgan fingerprint density at radius 3 is 2.47 bits per heavy atom. The topological polar surface area (TPSA) is 60.5 Å². The number of hydrogen-bond donors (Lipinski definition) is 1. The van der Waals surface area contributed by atoms with Crippen LogP contribution >= 0.6 is 27.3 Å². The summed E-state index contributed by atoms with van der Waals surface area (Å²) < 4.78 is 12.3. The van der Waals surface area contributed by atoms with E-state index in [-0.39, 0.29) is 12.5 Å². The number of nitrogens with zero attached hydrogens (tertiary/aromatic N) is 1. The average Bonchev–Trinajstić information content (AvgIpc) is 3.20. The minimum absolute atomic E-state index is 0.229. The molecule has 0 saturated carbocycles. The lowest BCUT2D eigenvalue weighted by Gasteiger charge is -2.12. The van der Waals surface area contributed by atoms with E-state index >= 15 is 0 Å². The fourth-order valence-corrected chi connectivity index (χ4v) is 4.60. The van der Waals surface area contributed by atoms with Crippen molar-refractivity contribution in [2.24, 2.45) is 0 Å². The number of aromatic nitrogens is 1. The highest BCUT2D eigenvalue weighted by molar-refractivity contribution is 9.10. The Balaban J connectivity index is 1.51. The predicted molar refractivity (Wildman–Crippen MR) is 141 cm³/mol. The van der Waals surface area contributed by atoms with Gasteiger partial charge in [0, 0.05) is 26.0 Å². The van der Waals surface area contributed by atoms with Gasteiger partial charge in [-0.05, 0) is 80.4 Å². The molecule has 4 rings (SSSR count). The summed E-state index contributed by atoms with van der Waals surface area (Å²) in [6.45, 7) is 6.47. The molecule has 0 aliphatic rings. The summed E-state index contributed by atoms with van der Waals surface area (Å²) in [5.74, 6) is 1.17. The van der Waals surface area contributed by atoms with Crippen LogP contribution in [0.1, 0.15) is 31.9 Å². The van der Waals surface area contributed by atoms with Gasteiger partial charge in [0.15, 0.2) is 5.13 Å². The maximum absolute atomic E-state index is 13.0. The summed E-state index contributed by atoms with van der Waals surface area (Å²) >= 11 is 4.88. The van der Waals surface area contributed by atoms with Crippen molar-refractivity contribution >= 4 is 38.3 Å². The maximum atomic E-state index is 13.0. The number of carbonyl (C=O) groups is 1. The quantitative estimate of drug-likeness (QED) is 0.268. The molecule has 34 heavy (non-hydrogen) atoms. The number of carbonyl (C=O) groups excluding carboxylic acids is 1. The molecule has 1 heterocycles. The molecule has 1 aromatic heterocycles. The number of methoxy groups -OCH3 is 1. The Bertz CT molecular complexity index is 1330. The van der Waals surface area contributed by atoms with Crippen molar-refractivity contribution in [3.05, 3.63) is 92.3 Å². The SMILES string of the molecule is COc1ccc(C(=O)Nc2nc(-c3ccc(C)c(C)c3)c(C)s2)cc1COc1ccc(Br)cc1. The molecule has 0 radical (unpaired) electrons. The van der Waals surface area contributed by atoms with Crippen LogP contribution in [0.2, 0.25) is 0 Å². The molecule has 4 aromatic rings. The van der Waals surface area contributed by atoms with Gasteiger partial charge < -0.3 is 9.47 Å². The standard InChI is InChI=1S/C27H25BrN2O3S/c1-16-5-6-19(13-17(16)2)25-18(3)34-27(29-25)30-26(31)20-7-12-24(32-4)21(14-20)15-33-23-10-8-22(28)9-11-23/h5-14H,15H2,1-4H3,(H,29,30,31). The van der Waals surface area contributed by atoms with E-state index in [1.807, 2.05) is 31.2 Å². The van der Waals surface area contributed by atoms with Gasteiger partial charge in [-0.25, -0.2) is 4.98 Å². The van der Waals surface area contributed by atoms with Gasteiger partial charge >= 0.3 is 0 Å². The summed E-state index contributed by atoms with van der Waals surface area (Å²) in [6, 6.07) is 19.2. The van der Waals surface area contributed by atoms with E-state index in [1.165, 1.54) is 22.5 Å². The van der Waals surface area contributed by atoms with E-state index in [1.54, 1.807) is 25.3 Å². The molecule has 5 nitrogen and oxygen atoms in total. The van der Waals surface area contributed by atoms with Crippen LogP contribution in [-0.4, -0.2) is 18.0 Å². The average molecular weight is 537 g/mol. The fraction of sp³-hybridized carbons (Fsp3) is 0.185. The first-order valence-electron chi connectivity index (χ1n) is 10.8. The van der Waals surface area contributed by atoms with Crippen molar-refractivity contribution < 1.29 is 14.3 Å². The van der Waals surface area contributed by atoms with Crippen molar-refractivity contribution in [2.45, 2.75) is 27.4 Å². The van der Waals surface area contributed by atoms with Gasteiger partial charge in [-0.3, -0.25) is 10.1 Å². The van der Waals surface area contributed by atoms with Gasteiger partial charge in [-0.2, -0.15) is 0 Å². The second-order valence-corrected chi connectivity index (χ2v) is 10.1. The first kappa shape index (κ1) is 24.0. The highest BCUT2D eigenvalue weighted by Gasteiger charge is 2.15. The summed E-state index contributed by atoms with van der Waals surface area (Å²) in [4.78, 5) is 18.7. The number of benzene rings is 3. The van der Waals surface area contributed by atoms with E-state index in [4.69, 9.17) is 9.47 Å². The predicted octanol–water partition coefficient (Wildman–Crippen LogP) is 7.34. The van der Waals surface area contributed by atoms with Gasteiger partial charge in [0.2, 0.25) is 0 Å². The fourth-order valence-electron chi connectivity index (χ4n) is 3.50. The molecule has 174 valence electrons. The van der Waals surface area contributed by atoms with E-state index < -0.39 is 0 Å². The van der Waals surface area contributed by atoms with E-state index in [0.717, 1.165) is 31.9 Å². The molecule has 7 heteroatoms.